The number of ether oxygens (including phenoxy) is 1. The molecule has 0 aromatic heterocycles. The van der Waals surface area contributed by atoms with Gasteiger partial charge in [-0.15, -0.1) is 0 Å². The number of likely N-dealkylation sites (N-methyl/N-ethyl adjacent to an activating group) is 1. The molecule has 0 unspecified atom stereocenters. The normalized spacial score (nSPS) is 9.89. The van der Waals surface area contributed by atoms with E-state index in [-0.39, 0.29) is 18.4 Å². The minimum atomic E-state index is -0.316. The number of benzene rings is 1. The number of nitrogens with zero attached hydrogens (tertiary/aromatic N) is 1. The maximum absolute atomic E-state index is 12.0. The average Bonchev–Trinajstić information content (AvgIpc) is 2.43. The van der Waals surface area contributed by atoms with Crippen molar-refractivity contribution in [1.82, 2.24) is 10.2 Å². The Kier molecular flexibility index (Phi) is 5.82. The molecular weight excluding hydrogens is 312 g/mol. The molecule has 0 saturated heterocycles. The molecule has 5 nitrogen and oxygen atoms in total. The van der Waals surface area contributed by atoms with Crippen LogP contribution >= 0.6 is 15.9 Å². The van der Waals surface area contributed by atoms with Gasteiger partial charge in [0.1, 0.15) is 5.75 Å². The molecule has 2 amide bonds. The van der Waals surface area contributed by atoms with Gasteiger partial charge in [-0.1, -0.05) is 0 Å². The van der Waals surface area contributed by atoms with Crippen LogP contribution in [0.15, 0.2) is 22.7 Å². The lowest BCUT2D eigenvalue weighted by Crippen LogP contribution is -2.38. The van der Waals surface area contributed by atoms with Crippen molar-refractivity contribution in [3.8, 4) is 5.75 Å². The maximum Gasteiger partial charge on any atom is 0.252 e. The van der Waals surface area contributed by atoms with Crippen molar-refractivity contribution in [2.45, 2.75) is 6.92 Å². The largest absolute Gasteiger partial charge is 0.497 e. The van der Waals surface area contributed by atoms with E-state index < -0.39 is 0 Å². The fourth-order valence-electron chi connectivity index (χ4n) is 1.37. The molecule has 0 aliphatic rings. The van der Waals surface area contributed by atoms with Gasteiger partial charge >= 0.3 is 0 Å². The highest BCUT2D eigenvalue weighted by Gasteiger charge is 2.13. The first-order valence-corrected chi connectivity index (χ1v) is 6.64. The summed E-state index contributed by atoms with van der Waals surface area (Å²) < 4.78 is 5.72. The number of rotatable bonds is 5. The lowest BCUT2D eigenvalue weighted by Gasteiger charge is -2.15. The first-order chi connectivity index (χ1) is 8.99. The molecule has 0 spiro atoms. The highest BCUT2D eigenvalue weighted by atomic mass is 79.9. The van der Waals surface area contributed by atoms with Crippen molar-refractivity contribution in [1.29, 1.82) is 0 Å². The van der Waals surface area contributed by atoms with E-state index in [4.69, 9.17) is 4.74 Å². The molecule has 1 rings (SSSR count). The second-order valence-corrected chi connectivity index (χ2v) is 4.79. The van der Waals surface area contributed by atoms with E-state index in [9.17, 15) is 9.59 Å². The Morgan fingerprint density at radius 3 is 2.68 bits per heavy atom. The van der Waals surface area contributed by atoms with Gasteiger partial charge in [-0.05, 0) is 41.1 Å². The highest BCUT2D eigenvalue weighted by Crippen LogP contribution is 2.22. The Hall–Kier alpha value is -1.56. The van der Waals surface area contributed by atoms with E-state index in [2.05, 4.69) is 21.2 Å². The van der Waals surface area contributed by atoms with Crippen molar-refractivity contribution in [3.05, 3.63) is 28.2 Å². The van der Waals surface area contributed by atoms with Crippen LogP contribution < -0.4 is 10.1 Å². The second-order valence-electron chi connectivity index (χ2n) is 3.94. The number of carbonyl (C=O) groups excluding carboxylic acids is 2. The fourth-order valence-corrected chi connectivity index (χ4v) is 1.79. The number of methoxy groups -OCH3 is 1. The molecule has 1 N–H and O–H groups in total. The predicted molar refractivity (Wildman–Crippen MR) is 76.3 cm³/mol. The first kappa shape index (κ1) is 15.5. The van der Waals surface area contributed by atoms with E-state index in [1.54, 1.807) is 30.1 Å². The Morgan fingerprint density at radius 1 is 1.42 bits per heavy atom. The van der Waals surface area contributed by atoms with Crippen LogP contribution in [0.4, 0.5) is 0 Å². The summed E-state index contributed by atoms with van der Waals surface area (Å²) in [5, 5.41) is 2.59. The zero-order valence-electron chi connectivity index (χ0n) is 11.2. The smallest absolute Gasteiger partial charge is 0.252 e. The number of halogens is 1. The van der Waals surface area contributed by atoms with Crippen molar-refractivity contribution in [3.63, 3.8) is 0 Å². The third-order valence-electron chi connectivity index (χ3n) is 2.72. The van der Waals surface area contributed by atoms with E-state index in [1.165, 1.54) is 7.11 Å². The summed E-state index contributed by atoms with van der Waals surface area (Å²) in [5.41, 5.74) is 0.436. The van der Waals surface area contributed by atoms with Crippen molar-refractivity contribution in [2.24, 2.45) is 0 Å². The van der Waals surface area contributed by atoms with Crippen LogP contribution in [-0.4, -0.2) is 44.0 Å². The summed E-state index contributed by atoms with van der Waals surface area (Å²) in [5.74, 6) is 0.142. The molecule has 0 fully saturated rings. The highest BCUT2D eigenvalue weighted by molar-refractivity contribution is 9.10. The van der Waals surface area contributed by atoms with Gasteiger partial charge in [0.25, 0.3) is 5.91 Å². The number of carbonyl (C=O) groups is 2. The zero-order valence-corrected chi connectivity index (χ0v) is 12.8. The third-order valence-corrected chi connectivity index (χ3v) is 3.41. The van der Waals surface area contributed by atoms with Gasteiger partial charge in [-0.3, -0.25) is 9.59 Å². The summed E-state index contributed by atoms with van der Waals surface area (Å²) in [4.78, 5) is 25.1. The number of hydrogen-bond donors (Lipinski definition) is 1. The summed E-state index contributed by atoms with van der Waals surface area (Å²) >= 11 is 3.30. The quantitative estimate of drug-likeness (QED) is 0.894. The average molecular weight is 329 g/mol. The Balaban J connectivity index is 2.71. The summed E-state index contributed by atoms with van der Waals surface area (Å²) in [6.45, 7) is 2.46. The summed E-state index contributed by atoms with van der Waals surface area (Å²) in [6.07, 6.45) is 0. The maximum atomic E-state index is 12.0. The molecule has 1 aromatic carbocycles. The fraction of sp³-hybridized carbons (Fsp3) is 0.385. The summed E-state index contributed by atoms with van der Waals surface area (Å²) in [6, 6.07) is 5.10. The molecule has 0 heterocycles. The van der Waals surface area contributed by atoms with Gasteiger partial charge in [0.15, 0.2) is 0 Å². The van der Waals surface area contributed by atoms with Crippen LogP contribution in [0.2, 0.25) is 0 Å². The SMILES string of the molecule is CCN(C)C(=O)CNC(=O)c1cc(OC)ccc1Br. The minimum Gasteiger partial charge on any atom is -0.497 e. The molecule has 0 saturated carbocycles. The van der Waals surface area contributed by atoms with Crippen LogP contribution in [0.3, 0.4) is 0 Å². The van der Waals surface area contributed by atoms with Crippen LogP contribution in [0.5, 0.6) is 5.75 Å². The van der Waals surface area contributed by atoms with Crippen LogP contribution in [0.25, 0.3) is 0 Å². The van der Waals surface area contributed by atoms with Crippen LogP contribution in [0, 0.1) is 0 Å². The lowest BCUT2D eigenvalue weighted by atomic mass is 10.2. The molecule has 0 bridgehead atoms. The zero-order chi connectivity index (χ0) is 14.4. The van der Waals surface area contributed by atoms with E-state index >= 15 is 0 Å². The topological polar surface area (TPSA) is 58.6 Å². The molecule has 0 aliphatic carbocycles. The van der Waals surface area contributed by atoms with Crippen molar-refractivity contribution in [2.75, 3.05) is 27.2 Å². The Morgan fingerprint density at radius 2 is 2.11 bits per heavy atom. The third kappa shape index (κ3) is 4.24. The molecule has 6 heteroatoms. The molecule has 19 heavy (non-hydrogen) atoms. The van der Waals surface area contributed by atoms with Crippen molar-refractivity contribution < 1.29 is 14.3 Å². The molecular formula is C13H17BrN2O3. The van der Waals surface area contributed by atoms with Gasteiger partial charge < -0.3 is 15.0 Å². The molecule has 0 atom stereocenters. The Bertz CT molecular complexity index is 477. The standard InChI is InChI=1S/C13H17BrN2O3/c1-4-16(2)12(17)8-15-13(18)10-7-9(19-3)5-6-11(10)14/h5-7H,4,8H2,1-3H3,(H,15,18). The van der Waals surface area contributed by atoms with Gasteiger partial charge in [0.2, 0.25) is 5.91 Å². The summed E-state index contributed by atoms with van der Waals surface area (Å²) in [7, 11) is 3.22. The second kappa shape index (κ2) is 7.13. The van der Waals surface area contributed by atoms with Crippen LogP contribution in [0.1, 0.15) is 17.3 Å². The number of hydrogen-bond acceptors (Lipinski definition) is 3. The van der Waals surface area contributed by atoms with Crippen LogP contribution in [-0.2, 0) is 4.79 Å². The van der Waals surface area contributed by atoms with Gasteiger partial charge in [-0.2, -0.15) is 0 Å². The minimum absolute atomic E-state index is 0.0210. The number of nitrogens with one attached hydrogen (secondary N) is 1. The number of amides is 2. The molecule has 0 radical (unpaired) electrons. The van der Waals surface area contributed by atoms with E-state index in [1.807, 2.05) is 6.92 Å². The molecule has 0 aliphatic heterocycles. The predicted octanol–water partition coefficient (Wildman–Crippen LogP) is 1.67. The lowest BCUT2D eigenvalue weighted by molar-refractivity contribution is -0.128. The van der Waals surface area contributed by atoms with E-state index in [0.29, 0.717) is 22.3 Å². The van der Waals surface area contributed by atoms with E-state index in [0.717, 1.165) is 0 Å². The Labute approximate surface area is 121 Å². The van der Waals surface area contributed by atoms with Gasteiger partial charge in [-0.25, -0.2) is 0 Å². The van der Waals surface area contributed by atoms with Gasteiger partial charge in [0, 0.05) is 18.1 Å². The monoisotopic (exact) mass is 328 g/mol. The molecule has 1 aromatic rings. The molecule has 104 valence electrons. The first-order valence-electron chi connectivity index (χ1n) is 5.85. The van der Waals surface area contributed by atoms with Gasteiger partial charge in [0.05, 0.1) is 19.2 Å². The van der Waals surface area contributed by atoms with Crippen molar-refractivity contribution >= 4 is 27.7 Å².